The van der Waals surface area contributed by atoms with E-state index in [4.69, 9.17) is 0 Å². The van der Waals surface area contributed by atoms with Gasteiger partial charge in [0.05, 0.1) is 0 Å². The lowest BCUT2D eigenvalue weighted by atomic mass is 9.95. The smallest absolute Gasteiger partial charge is 0.223 e. The average Bonchev–Trinajstić information content (AvgIpc) is 2.72. The predicted molar refractivity (Wildman–Crippen MR) is 102 cm³/mol. The van der Waals surface area contributed by atoms with Gasteiger partial charge in [-0.2, -0.15) is 0 Å². The first-order chi connectivity index (χ1) is 12.7. The number of nitrogens with one attached hydrogen (secondary N) is 1. The fourth-order valence-electron chi connectivity index (χ4n) is 3.37. The molecule has 2 aromatic carbocycles. The molecule has 0 aromatic heterocycles. The molecule has 4 nitrogen and oxygen atoms in total. The standard InChI is InChI=1S/C22H26N2O2/c25-21(12-11-18-7-3-1-4-8-18)24-15-13-20(14-16-24)22(26)23-17-19-9-5-2-6-10-19/h1-10,20H,11-17H2,(H,23,26). The van der Waals surface area contributed by atoms with Gasteiger partial charge in [0, 0.05) is 32.0 Å². The van der Waals surface area contributed by atoms with E-state index >= 15 is 0 Å². The van der Waals surface area contributed by atoms with Gasteiger partial charge in [0.15, 0.2) is 0 Å². The number of carbonyl (C=O) groups excluding carboxylic acids is 2. The first-order valence-electron chi connectivity index (χ1n) is 9.36. The van der Waals surface area contributed by atoms with E-state index in [0.717, 1.165) is 24.8 Å². The Morgan fingerprint density at radius 3 is 2.08 bits per heavy atom. The van der Waals surface area contributed by atoms with E-state index in [9.17, 15) is 9.59 Å². The molecule has 2 aromatic rings. The molecule has 4 heteroatoms. The number of hydrogen-bond acceptors (Lipinski definition) is 2. The van der Waals surface area contributed by atoms with Gasteiger partial charge >= 0.3 is 0 Å². The average molecular weight is 350 g/mol. The Morgan fingerprint density at radius 1 is 0.885 bits per heavy atom. The van der Waals surface area contributed by atoms with E-state index in [1.807, 2.05) is 53.4 Å². The molecule has 0 unspecified atom stereocenters. The second-order valence-corrected chi connectivity index (χ2v) is 6.84. The van der Waals surface area contributed by atoms with E-state index in [1.54, 1.807) is 0 Å². The summed E-state index contributed by atoms with van der Waals surface area (Å²) >= 11 is 0. The van der Waals surface area contributed by atoms with Crippen LogP contribution in [-0.2, 0) is 22.6 Å². The van der Waals surface area contributed by atoms with E-state index in [1.165, 1.54) is 5.56 Å². The Morgan fingerprint density at radius 2 is 1.46 bits per heavy atom. The van der Waals surface area contributed by atoms with Crippen molar-refractivity contribution in [3.05, 3.63) is 71.8 Å². The molecule has 3 rings (SSSR count). The molecule has 1 saturated heterocycles. The monoisotopic (exact) mass is 350 g/mol. The van der Waals surface area contributed by atoms with E-state index in [0.29, 0.717) is 26.1 Å². The van der Waals surface area contributed by atoms with Gasteiger partial charge < -0.3 is 10.2 Å². The summed E-state index contributed by atoms with van der Waals surface area (Å²) in [6.45, 7) is 1.92. The number of benzene rings is 2. The Labute approximate surface area is 155 Å². The van der Waals surface area contributed by atoms with Crippen LogP contribution in [0, 0.1) is 5.92 Å². The largest absolute Gasteiger partial charge is 0.352 e. The molecule has 0 saturated carbocycles. The lowest BCUT2D eigenvalue weighted by Crippen LogP contribution is -2.43. The third-order valence-electron chi connectivity index (χ3n) is 5.00. The summed E-state index contributed by atoms with van der Waals surface area (Å²) in [5.41, 5.74) is 2.30. The summed E-state index contributed by atoms with van der Waals surface area (Å²) in [5.74, 6) is 0.305. The van der Waals surface area contributed by atoms with Crippen LogP contribution in [0.2, 0.25) is 0 Å². The molecule has 0 atom stereocenters. The van der Waals surface area contributed by atoms with Crippen molar-refractivity contribution in [1.29, 1.82) is 0 Å². The highest BCUT2D eigenvalue weighted by Gasteiger charge is 2.26. The van der Waals surface area contributed by atoms with Crippen molar-refractivity contribution in [3.8, 4) is 0 Å². The minimum Gasteiger partial charge on any atom is -0.352 e. The van der Waals surface area contributed by atoms with Gasteiger partial charge in [-0.25, -0.2) is 0 Å². The highest BCUT2D eigenvalue weighted by atomic mass is 16.2. The second-order valence-electron chi connectivity index (χ2n) is 6.84. The Hall–Kier alpha value is -2.62. The number of carbonyl (C=O) groups is 2. The lowest BCUT2D eigenvalue weighted by Gasteiger charge is -2.31. The summed E-state index contributed by atoms with van der Waals surface area (Å²) in [6, 6.07) is 20.0. The summed E-state index contributed by atoms with van der Waals surface area (Å²) < 4.78 is 0. The summed E-state index contributed by atoms with van der Waals surface area (Å²) in [4.78, 5) is 26.6. The molecule has 0 aliphatic carbocycles. The number of aryl methyl sites for hydroxylation is 1. The minimum atomic E-state index is 0.0110. The SMILES string of the molecule is O=C(NCc1ccccc1)C1CCN(C(=O)CCc2ccccc2)CC1. The molecular formula is C22H26N2O2. The minimum absolute atomic E-state index is 0.0110. The van der Waals surface area contributed by atoms with Crippen LogP contribution in [0.25, 0.3) is 0 Å². The Bertz CT molecular complexity index is 644. The maximum Gasteiger partial charge on any atom is 0.223 e. The van der Waals surface area contributed by atoms with Crippen LogP contribution in [0.1, 0.15) is 30.4 Å². The normalized spacial score (nSPS) is 14.8. The molecule has 136 valence electrons. The van der Waals surface area contributed by atoms with Crippen LogP contribution >= 0.6 is 0 Å². The van der Waals surface area contributed by atoms with Crippen molar-refractivity contribution in [2.45, 2.75) is 32.2 Å². The molecule has 0 radical (unpaired) electrons. The van der Waals surface area contributed by atoms with Gasteiger partial charge in [0.25, 0.3) is 0 Å². The number of rotatable bonds is 6. The van der Waals surface area contributed by atoms with Crippen molar-refractivity contribution in [1.82, 2.24) is 10.2 Å². The van der Waals surface area contributed by atoms with Crippen LogP contribution in [0.5, 0.6) is 0 Å². The van der Waals surface area contributed by atoms with Crippen LogP contribution in [0.4, 0.5) is 0 Å². The Kier molecular flexibility index (Phi) is 6.42. The molecular weight excluding hydrogens is 324 g/mol. The molecule has 26 heavy (non-hydrogen) atoms. The van der Waals surface area contributed by atoms with Crippen LogP contribution < -0.4 is 5.32 Å². The zero-order chi connectivity index (χ0) is 18.2. The quantitative estimate of drug-likeness (QED) is 0.870. The van der Waals surface area contributed by atoms with Gasteiger partial charge in [0.1, 0.15) is 0 Å². The summed E-state index contributed by atoms with van der Waals surface area (Å²) in [7, 11) is 0. The summed E-state index contributed by atoms with van der Waals surface area (Å²) in [6.07, 6.45) is 2.81. The third-order valence-corrected chi connectivity index (χ3v) is 5.00. The van der Waals surface area contributed by atoms with Crippen molar-refractivity contribution in [3.63, 3.8) is 0 Å². The van der Waals surface area contributed by atoms with Crippen molar-refractivity contribution in [2.24, 2.45) is 5.92 Å². The van der Waals surface area contributed by atoms with Gasteiger partial charge in [-0.15, -0.1) is 0 Å². The van der Waals surface area contributed by atoms with E-state index in [-0.39, 0.29) is 17.7 Å². The first kappa shape index (κ1) is 18.2. The number of hydrogen-bond donors (Lipinski definition) is 1. The Balaban J connectivity index is 1.39. The highest BCUT2D eigenvalue weighted by Crippen LogP contribution is 2.19. The zero-order valence-electron chi connectivity index (χ0n) is 15.1. The highest BCUT2D eigenvalue weighted by molar-refractivity contribution is 5.80. The van der Waals surface area contributed by atoms with Crippen molar-refractivity contribution >= 4 is 11.8 Å². The molecule has 1 fully saturated rings. The number of likely N-dealkylation sites (tertiary alicyclic amines) is 1. The summed E-state index contributed by atoms with van der Waals surface area (Å²) in [5, 5.41) is 3.02. The van der Waals surface area contributed by atoms with Gasteiger partial charge in [-0.05, 0) is 30.4 Å². The molecule has 1 aliphatic rings. The maximum absolute atomic E-state index is 12.4. The lowest BCUT2D eigenvalue weighted by molar-refractivity contribution is -0.135. The molecule has 0 spiro atoms. The fraction of sp³-hybridized carbons (Fsp3) is 0.364. The fourth-order valence-corrected chi connectivity index (χ4v) is 3.37. The zero-order valence-corrected chi connectivity index (χ0v) is 15.1. The topological polar surface area (TPSA) is 49.4 Å². The maximum atomic E-state index is 12.4. The second kappa shape index (κ2) is 9.18. The van der Waals surface area contributed by atoms with Crippen molar-refractivity contribution < 1.29 is 9.59 Å². The molecule has 2 amide bonds. The van der Waals surface area contributed by atoms with E-state index in [2.05, 4.69) is 17.4 Å². The molecule has 0 bridgehead atoms. The number of piperidine rings is 1. The molecule has 1 heterocycles. The van der Waals surface area contributed by atoms with Crippen molar-refractivity contribution in [2.75, 3.05) is 13.1 Å². The van der Waals surface area contributed by atoms with Gasteiger partial charge in [0.2, 0.25) is 11.8 Å². The molecule has 1 N–H and O–H groups in total. The van der Waals surface area contributed by atoms with Crippen LogP contribution in [0.3, 0.4) is 0 Å². The van der Waals surface area contributed by atoms with Crippen LogP contribution in [0.15, 0.2) is 60.7 Å². The molecule has 1 aliphatic heterocycles. The first-order valence-corrected chi connectivity index (χ1v) is 9.36. The number of amides is 2. The third kappa shape index (κ3) is 5.19. The van der Waals surface area contributed by atoms with Crippen LogP contribution in [-0.4, -0.2) is 29.8 Å². The number of nitrogens with zero attached hydrogens (tertiary/aromatic N) is 1. The van der Waals surface area contributed by atoms with Gasteiger partial charge in [-0.1, -0.05) is 60.7 Å². The predicted octanol–water partition coefficient (Wildman–Crippen LogP) is 3.17. The van der Waals surface area contributed by atoms with E-state index < -0.39 is 0 Å². The van der Waals surface area contributed by atoms with Gasteiger partial charge in [-0.3, -0.25) is 9.59 Å².